The number of ketones is 1. The number of hydrogen-bond donors (Lipinski definition) is 0. The van der Waals surface area contributed by atoms with Gasteiger partial charge in [0, 0.05) is 0 Å². The van der Waals surface area contributed by atoms with E-state index in [-0.39, 0.29) is 5.78 Å². The van der Waals surface area contributed by atoms with Gasteiger partial charge in [0.15, 0.2) is 5.78 Å². The molecule has 1 heteroatoms. The third-order valence-corrected chi connectivity index (χ3v) is 2.76. The van der Waals surface area contributed by atoms with Crippen molar-refractivity contribution in [3.63, 3.8) is 0 Å². The van der Waals surface area contributed by atoms with Crippen molar-refractivity contribution in [2.45, 2.75) is 13.8 Å². The maximum Gasteiger partial charge on any atom is 0.168 e. The summed E-state index contributed by atoms with van der Waals surface area (Å²) in [6, 6.07) is 8.07. The van der Waals surface area contributed by atoms with Crippen LogP contribution in [-0.4, -0.2) is 5.78 Å². The lowest BCUT2D eigenvalue weighted by Gasteiger charge is -2.14. The summed E-state index contributed by atoms with van der Waals surface area (Å²) in [6.45, 7) is 3.82. The largest absolute Gasteiger partial charge is 0.294 e. The van der Waals surface area contributed by atoms with Crippen LogP contribution in [0.15, 0.2) is 36.4 Å². The minimum absolute atomic E-state index is 0.140. The van der Waals surface area contributed by atoms with Crippen molar-refractivity contribution in [1.29, 1.82) is 0 Å². The van der Waals surface area contributed by atoms with Crippen molar-refractivity contribution in [3.8, 4) is 0 Å². The van der Waals surface area contributed by atoms with Crippen molar-refractivity contribution < 1.29 is 4.79 Å². The summed E-state index contributed by atoms with van der Waals surface area (Å²) in [4.78, 5) is 11.9. The lowest BCUT2D eigenvalue weighted by atomic mass is 9.87. The van der Waals surface area contributed by atoms with Gasteiger partial charge >= 0.3 is 0 Å². The predicted molar refractivity (Wildman–Crippen MR) is 62.6 cm³/mol. The molecular formula is C14H14O. The van der Waals surface area contributed by atoms with Gasteiger partial charge in [0.2, 0.25) is 0 Å². The van der Waals surface area contributed by atoms with Gasteiger partial charge in [0.1, 0.15) is 0 Å². The lowest BCUT2D eigenvalue weighted by molar-refractivity contribution is -0.117. The van der Waals surface area contributed by atoms with Crippen LogP contribution in [0.5, 0.6) is 0 Å². The molecule has 0 amide bonds. The lowest BCUT2D eigenvalue weighted by Crippen LogP contribution is -2.19. The zero-order valence-corrected chi connectivity index (χ0v) is 9.03. The molecule has 1 nitrogen and oxygen atoms in total. The summed E-state index contributed by atoms with van der Waals surface area (Å²) >= 11 is 0. The first kappa shape index (κ1) is 9.91. The normalized spacial score (nSPS) is 16.9. The molecule has 0 saturated carbocycles. The highest BCUT2D eigenvalue weighted by Crippen LogP contribution is 2.24. The number of carbonyl (C=O) groups is 1. The smallest absolute Gasteiger partial charge is 0.168 e. The van der Waals surface area contributed by atoms with Crippen LogP contribution in [0.2, 0.25) is 0 Å². The summed E-state index contributed by atoms with van der Waals surface area (Å²) in [5, 5.41) is 2.30. The van der Waals surface area contributed by atoms with Gasteiger partial charge in [-0.15, -0.1) is 0 Å². The number of carbonyl (C=O) groups excluding carboxylic acids is 1. The Bertz CT molecular complexity index is 500. The Kier molecular flexibility index (Phi) is 2.31. The molecule has 0 bridgehead atoms. The summed E-state index contributed by atoms with van der Waals surface area (Å²) < 4.78 is 0. The topological polar surface area (TPSA) is 17.1 Å². The molecule has 1 aliphatic rings. The first-order chi connectivity index (χ1) is 7.15. The maximum atomic E-state index is 11.9. The molecule has 1 aromatic carbocycles. The number of rotatable bonds is 2. The van der Waals surface area contributed by atoms with Gasteiger partial charge in [-0.25, -0.2) is 0 Å². The molecule has 0 saturated heterocycles. The molecule has 0 aromatic heterocycles. The zero-order chi connectivity index (χ0) is 10.9. The molecular weight excluding hydrogens is 184 g/mol. The molecule has 0 radical (unpaired) electrons. The van der Waals surface area contributed by atoms with Crippen LogP contribution < -0.4 is 10.4 Å². The molecule has 0 unspecified atom stereocenters. The summed E-state index contributed by atoms with van der Waals surface area (Å²) in [5.41, 5.74) is -0.462. The second-order valence-electron chi connectivity index (χ2n) is 4.06. The van der Waals surface area contributed by atoms with Gasteiger partial charge in [-0.1, -0.05) is 42.5 Å². The van der Waals surface area contributed by atoms with E-state index in [0.717, 1.165) is 10.4 Å². The molecule has 0 spiro atoms. The highest BCUT2D eigenvalue weighted by atomic mass is 16.1. The van der Waals surface area contributed by atoms with Crippen LogP contribution in [0, 0.1) is 5.41 Å². The Labute approximate surface area is 89.4 Å². The monoisotopic (exact) mass is 198 g/mol. The van der Waals surface area contributed by atoms with E-state index in [9.17, 15) is 4.79 Å². The van der Waals surface area contributed by atoms with Gasteiger partial charge in [0.05, 0.1) is 5.41 Å². The van der Waals surface area contributed by atoms with E-state index >= 15 is 0 Å². The molecule has 15 heavy (non-hydrogen) atoms. The third kappa shape index (κ3) is 1.65. The number of allylic oxidation sites excluding steroid dienone is 2. The highest BCUT2D eigenvalue weighted by molar-refractivity contribution is 6.04. The van der Waals surface area contributed by atoms with Crippen LogP contribution >= 0.6 is 0 Å². The van der Waals surface area contributed by atoms with Crippen molar-refractivity contribution in [2.75, 3.05) is 0 Å². The molecule has 2 rings (SSSR count). The van der Waals surface area contributed by atoms with Gasteiger partial charge in [0.25, 0.3) is 0 Å². The number of fused-ring (bicyclic) bond motifs is 1. The van der Waals surface area contributed by atoms with Crippen LogP contribution in [0.3, 0.4) is 0 Å². The Morgan fingerprint density at radius 1 is 1.20 bits per heavy atom. The molecule has 0 fully saturated rings. The summed E-state index contributed by atoms with van der Waals surface area (Å²) in [6.07, 6.45) is 7.49. The summed E-state index contributed by atoms with van der Waals surface area (Å²) in [7, 11) is 0. The minimum atomic E-state index is -0.462. The molecule has 0 atom stereocenters. The van der Waals surface area contributed by atoms with Crippen molar-refractivity contribution in [1.82, 2.24) is 0 Å². The van der Waals surface area contributed by atoms with E-state index in [1.807, 2.05) is 50.3 Å². The van der Waals surface area contributed by atoms with Gasteiger partial charge in [-0.2, -0.15) is 0 Å². The molecule has 0 heterocycles. The molecule has 1 aliphatic carbocycles. The van der Waals surface area contributed by atoms with E-state index in [0.29, 0.717) is 0 Å². The Morgan fingerprint density at radius 3 is 2.20 bits per heavy atom. The molecule has 0 aliphatic heterocycles. The highest BCUT2D eigenvalue weighted by Gasteiger charge is 2.28. The van der Waals surface area contributed by atoms with Gasteiger partial charge in [-0.3, -0.25) is 4.79 Å². The fourth-order valence-corrected chi connectivity index (χ4v) is 1.93. The third-order valence-electron chi connectivity index (χ3n) is 2.76. The Balaban J connectivity index is 2.54. The SMILES string of the molecule is C/C=C/C(=O)C1(C)C=c2ccccc2=C1. The number of hydrogen-bond acceptors (Lipinski definition) is 1. The predicted octanol–water partition coefficient (Wildman–Crippen LogP) is 1.41. The van der Waals surface area contributed by atoms with Crippen molar-refractivity contribution >= 4 is 17.9 Å². The first-order valence-electron chi connectivity index (χ1n) is 5.14. The van der Waals surface area contributed by atoms with E-state index in [1.54, 1.807) is 12.2 Å². The van der Waals surface area contributed by atoms with E-state index in [1.165, 1.54) is 0 Å². The first-order valence-corrected chi connectivity index (χ1v) is 5.14. The van der Waals surface area contributed by atoms with Crippen LogP contribution in [0.1, 0.15) is 13.8 Å². The fourth-order valence-electron chi connectivity index (χ4n) is 1.93. The average Bonchev–Trinajstić information content (AvgIpc) is 2.56. The van der Waals surface area contributed by atoms with Crippen molar-refractivity contribution in [3.05, 3.63) is 46.9 Å². The molecule has 1 aromatic rings. The zero-order valence-electron chi connectivity index (χ0n) is 9.03. The summed E-state index contributed by atoms with van der Waals surface area (Å²) in [5.74, 6) is 0.140. The van der Waals surface area contributed by atoms with Gasteiger partial charge in [-0.05, 0) is 30.4 Å². The molecule has 76 valence electrons. The maximum absolute atomic E-state index is 11.9. The quantitative estimate of drug-likeness (QED) is 0.657. The van der Waals surface area contributed by atoms with Gasteiger partial charge < -0.3 is 0 Å². The van der Waals surface area contributed by atoms with Crippen LogP contribution in [-0.2, 0) is 4.79 Å². The minimum Gasteiger partial charge on any atom is -0.294 e. The Hall–Kier alpha value is -1.63. The number of benzene rings is 1. The average molecular weight is 198 g/mol. The van der Waals surface area contributed by atoms with E-state index < -0.39 is 5.41 Å². The fraction of sp³-hybridized carbons (Fsp3) is 0.214. The van der Waals surface area contributed by atoms with Crippen LogP contribution in [0.4, 0.5) is 0 Å². The second-order valence-corrected chi connectivity index (χ2v) is 4.06. The standard InChI is InChI=1S/C14H14O/c1-3-6-13(15)14(2)9-11-7-4-5-8-12(11)10-14/h3-10H,1-2H3/b6-3+. The molecule has 0 N–H and O–H groups in total. The van der Waals surface area contributed by atoms with Crippen LogP contribution in [0.25, 0.3) is 12.2 Å². The second kappa shape index (κ2) is 3.50. The van der Waals surface area contributed by atoms with E-state index in [4.69, 9.17) is 0 Å². The van der Waals surface area contributed by atoms with E-state index in [2.05, 4.69) is 0 Å². The Morgan fingerprint density at radius 2 is 1.73 bits per heavy atom. The van der Waals surface area contributed by atoms with Crippen molar-refractivity contribution in [2.24, 2.45) is 5.41 Å².